The van der Waals surface area contributed by atoms with Gasteiger partial charge in [0, 0.05) is 31.1 Å². The zero-order valence-electron chi connectivity index (χ0n) is 9.82. The highest BCUT2D eigenvalue weighted by Crippen LogP contribution is 2.33. The van der Waals surface area contributed by atoms with Gasteiger partial charge in [0.25, 0.3) is 5.91 Å². The Morgan fingerprint density at radius 3 is 3.00 bits per heavy atom. The fourth-order valence-corrected chi connectivity index (χ4v) is 2.81. The van der Waals surface area contributed by atoms with E-state index in [1.807, 2.05) is 18.2 Å². The van der Waals surface area contributed by atoms with Crippen LogP contribution in [0.3, 0.4) is 0 Å². The highest BCUT2D eigenvalue weighted by atomic mass is 16.5. The minimum absolute atomic E-state index is 0.0216. The molecule has 1 amide bonds. The Kier molecular flexibility index (Phi) is 2.52. The van der Waals surface area contributed by atoms with E-state index < -0.39 is 0 Å². The number of ether oxygens (including phenoxy) is 1. The van der Waals surface area contributed by atoms with Gasteiger partial charge in [-0.3, -0.25) is 4.79 Å². The maximum atomic E-state index is 12.0. The summed E-state index contributed by atoms with van der Waals surface area (Å²) >= 11 is 0. The largest absolute Gasteiger partial charge is 0.497 e. The van der Waals surface area contributed by atoms with Crippen LogP contribution in [0.1, 0.15) is 21.8 Å². The molecule has 1 aromatic carbocycles. The molecule has 0 aliphatic carbocycles. The van der Waals surface area contributed by atoms with Gasteiger partial charge in [-0.05, 0) is 23.6 Å². The molecule has 2 atom stereocenters. The summed E-state index contributed by atoms with van der Waals surface area (Å²) in [4.78, 5) is 12.0. The smallest absolute Gasteiger partial charge is 0.251 e. The summed E-state index contributed by atoms with van der Waals surface area (Å²) in [6.07, 6.45) is 0. The summed E-state index contributed by atoms with van der Waals surface area (Å²) in [5.74, 6) is 1.71. The number of amides is 1. The van der Waals surface area contributed by atoms with Crippen molar-refractivity contribution in [1.82, 2.24) is 10.6 Å². The number of benzene rings is 1. The molecule has 3 rings (SSSR count). The Hall–Kier alpha value is -1.55. The van der Waals surface area contributed by atoms with Crippen LogP contribution in [-0.4, -0.2) is 32.7 Å². The Morgan fingerprint density at radius 1 is 1.29 bits per heavy atom. The number of carbonyl (C=O) groups excluding carboxylic acids is 1. The van der Waals surface area contributed by atoms with E-state index in [9.17, 15) is 4.79 Å². The first kappa shape index (κ1) is 10.6. The number of carbonyl (C=O) groups is 1. The Bertz CT molecular complexity index is 459. The van der Waals surface area contributed by atoms with E-state index in [2.05, 4.69) is 10.6 Å². The van der Waals surface area contributed by atoms with Crippen LogP contribution in [0.15, 0.2) is 18.2 Å². The van der Waals surface area contributed by atoms with E-state index in [4.69, 9.17) is 4.74 Å². The zero-order valence-corrected chi connectivity index (χ0v) is 9.82. The van der Waals surface area contributed by atoms with E-state index in [-0.39, 0.29) is 5.91 Å². The lowest BCUT2D eigenvalue weighted by atomic mass is 9.87. The van der Waals surface area contributed by atoms with Gasteiger partial charge < -0.3 is 15.4 Å². The maximum Gasteiger partial charge on any atom is 0.251 e. The highest BCUT2D eigenvalue weighted by Gasteiger charge is 2.34. The second-order valence-electron chi connectivity index (χ2n) is 4.69. The number of hydrogen-bond donors (Lipinski definition) is 2. The molecule has 0 bridgehead atoms. The van der Waals surface area contributed by atoms with Crippen LogP contribution in [0, 0.1) is 5.92 Å². The first-order chi connectivity index (χ1) is 8.29. The lowest BCUT2D eigenvalue weighted by molar-refractivity contribution is 0.0952. The minimum Gasteiger partial charge on any atom is -0.497 e. The number of fused-ring (bicyclic) bond motifs is 3. The molecule has 17 heavy (non-hydrogen) atoms. The summed E-state index contributed by atoms with van der Waals surface area (Å²) in [6.45, 7) is 2.70. The van der Waals surface area contributed by atoms with Crippen LogP contribution in [0.25, 0.3) is 0 Å². The highest BCUT2D eigenvalue weighted by molar-refractivity contribution is 5.96. The molecule has 0 spiro atoms. The normalized spacial score (nSPS) is 26.8. The fourth-order valence-electron chi connectivity index (χ4n) is 2.81. The third kappa shape index (κ3) is 1.69. The van der Waals surface area contributed by atoms with Crippen LogP contribution in [0.2, 0.25) is 0 Å². The molecule has 1 saturated heterocycles. The molecular weight excluding hydrogens is 216 g/mol. The summed E-state index contributed by atoms with van der Waals surface area (Å²) in [5, 5.41) is 6.38. The second-order valence-corrected chi connectivity index (χ2v) is 4.69. The average Bonchev–Trinajstić information content (AvgIpc) is 2.78. The van der Waals surface area contributed by atoms with E-state index in [1.165, 1.54) is 0 Å². The molecule has 4 heteroatoms. The Morgan fingerprint density at radius 2 is 2.18 bits per heavy atom. The van der Waals surface area contributed by atoms with Gasteiger partial charge in [-0.1, -0.05) is 6.07 Å². The van der Waals surface area contributed by atoms with Crippen molar-refractivity contribution < 1.29 is 9.53 Å². The van der Waals surface area contributed by atoms with Gasteiger partial charge in [0.1, 0.15) is 5.75 Å². The van der Waals surface area contributed by atoms with Crippen LogP contribution in [0.4, 0.5) is 0 Å². The average molecular weight is 232 g/mol. The molecule has 1 aromatic rings. The summed E-state index contributed by atoms with van der Waals surface area (Å²) in [7, 11) is 1.62. The van der Waals surface area contributed by atoms with Gasteiger partial charge >= 0.3 is 0 Å². The van der Waals surface area contributed by atoms with Crippen molar-refractivity contribution in [3.05, 3.63) is 29.3 Å². The number of nitrogens with one attached hydrogen (secondary N) is 2. The molecule has 2 aliphatic rings. The lowest BCUT2D eigenvalue weighted by Crippen LogP contribution is -2.28. The maximum absolute atomic E-state index is 12.0. The van der Waals surface area contributed by atoms with Gasteiger partial charge in [-0.2, -0.15) is 0 Å². The van der Waals surface area contributed by atoms with Crippen molar-refractivity contribution in [2.45, 2.75) is 5.92 Å². The Balaban J connectivity index is 2.09. The molecule has 90 valence electrons. The third-order valence-electron chi connectivity index (χ3n) is 3.77. The number of hydrogen-bond acceptors (Lipinski definition) is 3. The van der Waals surface area contributed by atoms with Gasteiger partial charge in [0.2, 0.25) is 0 Å². The summed E-state index contributed by atoms with van der Waals surface area (Å²) in [6, 6.07) is 5.81. The number of rotatable bonds is 1. The van der Waals surface area contributed by atoms with Crippen molar-refractivity contribution >= 4 is 5.91 Å². The first-order valence-electron chi connectivity index (χ1n) is 5.96. The SMILES string of the molecule is COc1ccc2c(c1)C(=O)NCC1CNCC21. The van der Waals surface area contributed by atoms with E-state index >= 15 is 0 Å². The first-order valence-corrected chi connectivity index (χ1v) is 5.96. The molecule has 2 unspecified atom stereocenters. The molecular formula is C13H16N2O2. The molecule has 0 radical (unpaired) electrons. The molecule has 2 N–H and O–H groups in total. The van der Waals surface area contributed by atoms with Crippen LogP contribution in [-0.2, 0) is 0 Å². The molecule has 4 nitrogen and oxygen atoms in total. The van der Waals surface area contributed by atoms with Crippen molar-refractivity contribution in [3.63, 3.8) is 0 Å². The zero-order chi connectivity index (χ0) is 11.8. The second kappa shape index (κ2) is 4.04. The predicted octanol–water partition coefficient (Wildman–Crippen LogP) is 0.742. The fraction of sp³-hybridized carbons (Fsp3) is 0.462. The molecule has 0 aromatic heterocycles. The monoisotopic (exact) mass is 232 g/mol. The third-order valence-corrected chi connectivity index (χ3v) is 3.77. The quantitative estimate of drug-likeness (QED) is 0.751. The topological polar surface area (TPSA) is 50.4 Å². The minimum atomic E-state index is 0.0216. The van der Waals surface area contributed by atoms with Gasteiger partial charge in [0.15, 0.2) is 0 Å². The summed E-state index contributed by atoms with van der Waals surface area (Å²) < 4.78 is 5.19. The van der Waals surface area contributed by atoms with Crippen LogP contribution < -0.4 is 15.4 Å². The van der Waals surface area contributed by atoms with Crippen LogP contribution >= 0.6 is 0 Å². The standard InChI is InChI=1S/C13H16N2O2/c1-17-9-2-3-10-11(4-9)13(16)15-6-8-5-14-7-12(8)10/h2-4,8,12,14H,5-7H2,1H3,(H,15,16). The Labute approximate surface area is 100 Å². The molecule has 2 heterocycles. The van der Waals surface area contributed by atoms with Gasteiger partial charge in [-0.25, -0.2) is 0 Å². The predicted molar refractivity (Wildman–Crippen MR) is 64.4 cm³/mol. The molecule has 2 aliphatic heterocycles. The summed E-state index contributed by atoms with van der Waals surface area (Å²) in [5.41, 5.74) is 1.91. The molecule has 0 saturated carbocycles. The molecule has 1 fully saturated rings. The van der Waals surface area contributed by atoms with Gasteiger partial charge in [-0.15, -0.1) is 0 Å². The van der Waals surface area contributed by atoms with Crippen molar-refractivity contribution in [2.24, 2.45) is 5.92 Å². The van der Waals surface area contributed by atoms with E-state index in [1.54, 1.807) is 7.11 Å². The van der Waals surface area contributed by atoms with E-state index in [0.29, 0.717) is 11.8 Å². The van der Waals surface area contributed by atoms with Crippen molar-refractivity contribution in [2.75, 3.05) is 26.7 Å². The van der Waals surface area contributed by atoms with E-state index in [0.717, 1.165) is 36.5 Å². The van der Waals surface area contributed by atoms with Gasteiger partial charge in [0.05, 0.1) is 7.11 Å². The lowest BCUT2D eigenvalue weighted by Gasteiger charge is -2.16. The van der Waals surface area contributed by atoms with Crippen molar-refractivity contribution in [1.29, 1.82) is 0 Å². The van der Waals surface area contributed by atoms with Crippen molar-refractivity contribution in [3.8, 4) is 5.75 Å². The number of methoxy groups -OCH3 is 1. The van der Waals surface area contributed by atoms with Crippen LogP contribution in [0.5, 0.6) is 5.75 Å².